The van der Waals surface area contributed by atoms with Crippen molar-refractivity contribution in [3.05, 3.63) is 71.8 Å². The Morgan fingerprint density at radius 3 is 2.56 bits per heavy atom. The van der Waals surface area contributed by atoms with Crippen LogP contribution < -0.4 is 0 Å². The molecule has 0 radical (unpaired) electrons. The first-order valence-corrected chi connectivity index (χ1v) is 9.72. The van der Waals surface area contributed by atoms with Crippen LogP contribution in [0.2, 0.25) is 0 Å². The zero-order chi connectivity index (χ0) is 18.1. The summed E-state index contributed by atoms with van der Waals surface area (Å²) in [4.78, 5) is 2.69. The Balaban J connectivity index is 1.48. The van der Waals surface area contributed by atoms with Gasteiger partial charge < -0.3 is 0 Å². The molecule has 3 aromatic rings. The zero-order valence-electron chi connectivity index (χ0n) is 15.3. The summed E-state index contributed by atoms with van der Waals surface area (Å²) in [7, 11) is 0. The summed E-state index contributed by atoms with van der Waals surface area (Å²) in [6.45, 7) is 1.03. The third-order valence-corrected chi connectivity index (χ3v) is 5.85. The summed E-state index contributed by atoms with van der Waals surface area (Å²) in [5.74, 6) is 0.670. The van der Waals surface area contributed by atoms with Crippen LogP contribution in [0.3, 0.4) is 0 Å². The van der Waals surface area contributed by atoms with Gasteiger partial charge in [0.05, 0.1) is 0 Å². The summed E-state index contributed by atoms with van der Waals surface area (Å²) in [5, 5.41) is 14.7. The van der Waals surface area contributed by atoms with Crippen LogP contribution in [-0.2, 0) is 6.54 Å². The first kappa shape index (κ1) is 16.4. The van der Waals surface area contributed by atoms with Gasteiger partial charge in [-0.25, -0.2) is 0 Å². The maximum absolute atomic E-state index is 4.20. The van der Waals surface area contributed by atoms with E-state index >= 15 is 0 Å². The molecule has 2 aromatic carbocycles. The van der Waals surface area contributed by atoms with Crippen molar-refractivity contribution in [2.24, 2.45) is 0 Å². The molecule has 1 N–H and O–H groups in total. The van der Waals surface area contributed by atoms with E-state index in [0.717, 1.165) is 18.5 Å². The molecule has 2 aliphatic rings. The van der Waals surface area contributed by atoms with Gasteiger partial charge in [-0.15, -0.1) is 10.2 Å². The van der Waals surface area contributed by atoms with Crippen LogP contribution in [0.1, 0.15) is 36.8 Å². The van der Waals surface area contributed by atoms with Gasteiger partial charge in [-0.1, -0.05) is 67.1 Å². The summed E-state index contributed by atoms with van der Waals surface area (Å²) in [6, 6.07) is 20.4. The number of fused-ring (bicyclic) bond motifs is 2. The lowest BCUT2D eigenvalue weighted by molar-refractivity contribution is 0.0951. The number of piperidine rings is 1. The standard InChI is InChI=1S/C22H23N5/c1-2-7-16(8-3-1)15-27-18-9-6-10-19(27)14-17(13-18)20-11-4-5-12-21(20)22-23-25-26-24-22/h1-5,7-8,11-13,18-19H,6,9-10,14-15H2,(H,23,24,25,26). The molecule has 5 rings (SSSR count). The largest absolute Gasteiger partial charge is 0.289 e. The Morgan fingerprint density at radius 1 is 0.963 bits per heavy atom. The second-order valence-corrected chi connectivity index (χ2v) is 7.49. The molecule has 5 nitrogen and oxygen atoms in total. The molecule has 1 aromatic heterocycles. The lowest BCUT2D eigenvalue weighted by Gasteiger charge is -2.45. The van der Waals surface area contributed by atoms with Crippen LogP contribution in [0, 0.1) is 0 Å². The van der Waals surface area contributed by atoms with Crippen molar-refractivity contribution in [1.82, 2.24) is 25.5 Å². The van der Waals surface area contributed by atoms with Crippen molar-refractivity contribution in [2.45, 2.75) is 44.3 Å². The van der Waals surface area contributed by atoms with Crippen LogP contribution in [0.15, 0.2) is 60.7 Å². The molecule has 5 heteroatoms. The lowest BCUT2D eigenvalue weighted by Crippen LogP contribution is -2.47. The Kier molecular flexibility index (Phi) is 4.30. The van der Waals surface area contributed by atoms with Gasteiger partial charge in [-0.3, -0.25) is 4.90 Å². The van der Waals surface area contributed by atoms with Crippen molar-refractivity contribution in [3.63, 3.8) is 0 Å². The number of hydrogen-bond donors (Lipinski definition) is 1. The van der Waals surface area contributed by atoms with E-state index in [9.17, 15) is 0 Å². The fourth-order valence-corrected chi connectivity index (χ4v) is 4.59. The van der Waals surface area contributed by atoms with Crippen molar-refractivity contribution >= 4 is 5.57 Å². The fourth-order valence-electron chi connectivity index (χ4n) is 4.59. The number of hydrogen-bond acceptors (Lipinski definition) is 4. The molecule has 2 aliphatic heterocycles. The van der Waals surface area contributed by atoms with E-state index in [1.807, 2.05) is 6.07 Å². The number of nitrogens with one attached hydrogen (secondary N) is 1. The normalized spacial score (nSPS) is 22.4. The monoisotopic (exact) mass is 357 g/mol. The molecule has 1 fully saturated rings. The number of benzene rings is 2. The highest BCUT2D eigenvalue weighted by Crippen LogP contribution is 2.40. The van der Waals surface area contributed by atoms with Gasteiger partial charge in [0, 0.05) is 24.2 Å². The quantitative estimate of drug-likeness (QED) is 0.764. The Labute approximate surface area is 159 Å². The van der Waals surface area contributed by atoms with Crippen LogP contribution in [0.5, 0.6) is 0 Å². The molecule has 3 heterocycles. The van der Waals surface area contributed by atoms with E-state index in [-0.39, 0.29) is 0 Å². The number of nitrogens with zero attached hydrogens (tertiary/aromatic N) is 4. The molecular formula is C22H23N5. The van der Waals surface area contributed by atoms with E-state index in [1.165, 1.54) is 36.0 Å². The highest BCUT2D eigenvalue weighted by Gasteiger charge is 2.34. The van der Waals surface area contributed by atoms with Crippen LogP contribution in [0.25, 0.3) is 17.0 Å². The summed E-state index contributed by atoms with van der Waals surface area (Å²) in [6.07, 6.45) is 7.38. The molecule has 1 saturated heterocycles. The Bertz CT molecular complexity index is 932. The molecule has 136 valence electrons. The van der Waals surface area contributed by atoms with E-state index < -0.39 is 0 Å². The van der Waals surface area contributed by atoms with Gasteiger partial charge in [0.25, 0.3) is 0 Å². The van der Waals surface area contributed by atoms with Crippen molar-refractivity contribution in [2.75, 3.05) is 0 Å². The number of rotatable bonds is 4. The number of tetrazole rings is 1. The van der Waals surface area contributed by atoms with E-state index in [0.29, 0.717) is 17.9 Å². The lowest BCUT2D eigenvalue weighted by atomic mass is 9.81. The highest BCUT2D eigenvalue weighted by molar-refractivity contribution is 5.79. The van der Waals surface area contributed by atoms with E-state index in [2.05, 4.69) is 80.1 Å². The second kappa shape index (κ2) is 7.08. The first-order valence-electron chi connectivity index (χ1n) is 9.72. The van der Waals surface area contributed by atoms with Gasteiger partial charge in [0.15, 0.2) is 0 Å². The maximum Gasteiger partial charge on any atom is 0.205 e. The van der Waals surface area contributed by atoms with Gasteiger partial charge in [-0.2, -0.15) is 5.21 Å². The van der Waals surface area contributed by atoms with Crippen LogP contribution in [-0.4, -0.2) is 37.6 Å². The highest BCUT2D eigenvalue weighted by atomic mass is 15.5. The van der Waals surface area contributed by atoms with Crippen molar-refractivity contribution in [3.8, 4) is 11.4 Å². The minimum absolute atomic E-state index is 0.506. The Hall–Kier alpha value is -2.79. The topological polar surface area (TPSA) is 57.7 Å². The molecule has 27 heavy (non-hydrogen) atoms. The van der Waals surface area contributed by atoms with Crippen LogP contribution >= 0.6 is 0 Å². The number of H-pyrrole nitrogens is 1. The average Bonchev–Trinajstić information content (AvgIpc) is 3.23. The average molecular weight is 357 g/mol. The van der Waals surface area contributed by atoms with E-state index in [1.54, 1.807) is 0 Å². The predicted octanol–water partition coefficient (Wildman–Crippen LogP) is 4.08. The second-order valence-electron chi connectivity index (χ2n) is 7.49. The van der Waals surface area contributed by atoms with Gasteiger partial charge >= 0.3 is 0 Å². The molecule has 0 spiro atoms. The first-order chi connectivity index (χ1) is 13.4. The molecule has 2 unspecified atom stereocenters. The fraction of sp³-hybridized carbons (Fsp3) is 0.318. The Morgan fingerprint density at radius 2 is 1.78 bits per heavy atom. The van der Waals surface area contributed by atoms with Crippen LogP contribution in [0.4, 0.5) is 0 Å². The van der Waals surface area contributed by atoms with E-state index in [4.69, 9.17) is 0 Å². The van der Waals surface area contributed by atoms with Crippen molar-refractivity contribution < 1.29 is 0 Å². The molecule has 2 atom stereocenters. The minimum atomic E-state index is 0.506. The van der Waals surface area contributed by atoms with Gasteiger partial charge in [0.2, 0.25) is 5.82 Å². The smallest absolute Gasteiger partial charge is 0.205 e. The van der Waals surface area contributed by atoms with Gasteiger partial charge in [-0.05, 0) is 41.2 Å². The van der Waals surface area contributed by atoms with Crippen molar-refractivity contribution in [1.29, 1.82) is 0 Å². The van der Waals surface area contributed by atoms with Gasteiger partial charge in [0.1, 0.15) is 0 Å². The molecule has 0 saturated carbocycles. The molecule has 2 bridgehead atoms. The number of aromatic amines is 1. The zero-order valence-corrected chi connectivity index (χ0v) is 15.3. The summed E-state index contributed by atoms with van der Waals surface area (Å²) in [5.41, 5.74) is 5.13. The summed E-state index contributed by atoms with van der Waals surface area (Å²) < 4.78 is 0. The number of aromatic nitrogens is 4. The minimum Gasteiger partial charge on any atom is -0.289 e. The predicted molar refractivity (Wildman–Crippen MR) is 106 cm³/mol. The summed E-state index contributed by atoms with van der Waals surface area (Å²) >= 11 is 0. The molecular weight excluding hydrogens is 334 g/mol. The molecule has 0 aliphatic carbocycles. The third-order valence-electron chi connectivity index (χ3n) is 5.85. The third kappa shape index (κ3) is 3.19. The molecule has 0 amide bonds. The maximum atomic E-state index is 4.20. The SMILES string of the molecule is C1=C(c2ccccc2-c2nn[nH]n2)CC2CCCC1N2Cc1ccccc1.